The van der Waals surface area contributed by atoms with Crippen LogP contribution in [0.1, 0.15) is 12.8 Å². The van der Waals surface area contributed by atoms with Gasteiger partial charge in [0, 0.05) is 26.2 Å². The van der Waals surface area contributed by atoms with Gasteiger partial charge in [0.1, 0.15) is 0 Å². The summed E-state index contributed by atoms with van der Waals surface area (Å²) in [5, 5.41) is 0. The predicted molar refractivity (Wildman–Crippen MR) is 65.8 cm³/mol. The van der Waals surface area contributed by atoms with E-state index in [2.05, 4.69) is 4.90 Å². The Balaban J connectivity index is 1.82. The van der Waals surface area contributed by atoms with Crippen LogP contribution in [0.2, 0.25) is 0 Å². The number of amides is 2. The zero-order chi connectivity index (χ0) is 13.0. The number of carbonyl (C=O) groups is 2. The molecule has 0 saturated carbocycles. The van der Waals surface area contributed by atoms with Gasteiger partial charge in [-0.3, -0.25) is 14.5 Å². The Labute approximate surface area is 107 Å². The van der Waals surface area contributed by atoms with Gasteiger partial charge >= 0.3 is 0 Å². The topological polar surface area (TPSA) is 75.9 Å². The maximum atomic E-state index is 12.1. The first kappa shape index (κ1) is 13.3. The molecule has 0 aliphatic carbocycles. The van der Waals surface area contributed by atoms with Gasteiger partial charge in [-0.25, -0.2) is 0 Å². The van der Waals surface area contributed by atoms with Crippen LogP contribution in [0.4, 0.5) is 0 Å². The van der Waals surface area contributed by atoms with Crippen molar-refractivity contribution in [1.82, 2.24) is 9.80 Å². The van der Waals surface area contributed by atoms with Crippen LogP contribution in [0.15, 0.2) is 0 Å². The highest BCUT2D eigenvalue weighted by Gasteiger charge is 2.27. The van der Waals surface area contributed by atoms with Crippen molar-refractivity contribution < 1.29 is 14.3 Å². The first-order valence-electron chi connectivity index (χ1n) is 6.54. The molecule has 2 N–H and O–H groups in total. The summed E-state index contributed by atoms with van der Waals surface area (Å²) in [5.74, 6) is -0.367. The second kappa shape index (κ2) is 6.15. The third-order valence-electron chi connectivity index (χ3n) is 3.64. The second-order valence-electron chi connectivity index (χ2n) is 4.97. The summed E-state index contributed by atoms with van der Waals surface area (Å²) in [4.78, 5) is 27.2. The van der Waals surface area contributed by atoms with Crippen LogP contribution in [0.5, 0.6) is 0 Å². The SMILES string of the molecule is NC(=O)C1CCCN(C(=O)CN2CCOCC2)C1. The predicted octanol–water partition coefficient (Wildman–Crippen LogP) is -0.957. The molecular formula is C12H21N3O3. The lowest BCUT2D eigenvalue weighted by atomic mass is 9.97. The summed E-state index contributed by atoms with van der Waals surface area (Å²) in [6, 6.07) is 0. The fourth-order valence-electron chi connectivity index (χ4n) is 2.49. The fourth-order valence-corrected chi connectivity index (χ4v) is 2.49. The first-order valence-corrected chi connectivity index (χ1v) is 6.54. The highest BCUT2D eigenvalue weighted by molar-refractivity contribution is 5.81. The van der Waals surface area contributed by atoms with Gasteiger partial charge < -0.3 is 15.4 Å². The Hall–Kier alpha value is -1.14. The molecule has 0 aromatic carbocycles. The van der Waals surface area contributed by atoms with Crippen LogP contribution in [0, 0.1) is 5.92 Å². The highest BCUT2D eigenvalue weighted by atomic mass is 16.5. The maximum Gasteiger partial charge on any atom is 0.236 e. The molecule has 2 amide bonds. The minimum Gasteiger partial charge on any atom is -0.379 e. The number of primary amides is 1. The molecule has 6 nitrogen and oxygen atoms in total. The smallest absolute Gasteiger partial charge is 0.236 e. The number of piperidine rings is 1. The number of hydrogen-bond acceptors (Lipinski definition) is 4. The van der Waals surface area contributed by atoms with Gasteiger partial charge in [0.25, 0.3) is 0 Å². The quantitative estimate of drug-likeness (QED) is 0.705. The maximum absolute atomic E-state index is 12.1. The number of rotatable bonds is 3. The summed E-state index contributed by atoms with van der Waals surface area (Å²) in [6.07, 6.45) is 1.67. The number of morpholine rings is 1. The standard InChI is InChI=1S/C12H21N3O3/c13-12(17)10-2-1-3-15(8-10)11(16)9-14-4-6-18-7-5-14/h10H,1-9H2,(H2,13,17). The van der Waals surface area contributed by atoms with E-state index in [-0.39, 0.29) is 17.7 Å². The largest absolute Gasteiger partial charge is 0.379 e. The molecule has 2 heterocycles. The summed E-state index contributed by atoms with van der Waals surface area (Å²) in [5.41, 5.74) is 5.31. The van der Waals surface area contributed by atoms with Crippen molar-refractivity contribution in [3.05, 3.63) is 0 Å². The molecule has 1 atom stereocenters. The third-order valence-corrected chi connectivity index (χ3v) is 3.64. The lowest BCUT2D eigenvalue weighted by molar-refractivity contribution is -0.136. The molecule has 0 radical (unpaired) electrons. The van der Waals surface area contributed by atoms with Crippen molar-refractivity contribution in [2.75, 3.05) is 45.9 Å². The summed E-state index contributed by atoms with van der Waals surface area (Å²) >= 11 is 0. The second-order valence-corrected chi connectivity index (χ2v) is 4.97. The molecule has 2 rings (SSSR count). The lowest BCUT2D eigenvalue weighted by Gasteiger charge is -2.34. The van der Waals surface area contributed by atoms with Crippen LogP contribution >= 0.6 is 0 Å². The van der Waals surface area contributed by atoms with E-state index in [1.807, 2.05) is 0 Å². The zero-order valence-corrected chi connectivity index (χ0v) is 10.6. The average molecular weight is 255 g/mol. The van der Waals surface area contributed by atoms with E-state index in [4.69, 9.17) is 10.5 Å². The van der Waals surface area contributed by atoms with E-state index in [0.717, 1.165) is 32.5 Å². The van der Waals surface area contributed by atoms with Gasteiger partial charge in [0.2, 0.25) is 11.8 Å². The number of carbonyl (C=O) groups excluding carboxylic acids is 2. The Bertz CT molecular complexity index is 316. The molecule has 0 spiro atoms. The number of nitrogens with two attached hydrogens (primary N) is 1. The molecule has 102 valence electrons. The average Bonchev–Trinajstić information content (AvgIpc) is 2.40. The molecule has 6 heteroatoms. The van der Waals surface area contributed by atoms with Crippen LogP contribution in [-0.4, -0.2) is 67.6 Å². The zero-order valence-electron chi connectivity index (χ0n) is 10.6. The van der Waals surface area contributed by atoms with Crippen LogP contribution in [0.25, 0.3) is 0 Å². The van der Waals surface area contributed by atoms with Crippen LogP contribution < -0.4 is 5.73 Å². The number of hydrogen-bond donors (Lipinski definition) is 1. The van der Waals surface area contributed by atoms with Gasteiger partial charge in [0.05, 0.1) is 25.7 Å². The van der Waals surface area contributed by atoms with Crippen LogP contribution in [-0.2, 0) is 14.3 Å². The fraction of sp³-hybridized carbons (Fsp3) is 0.833. The van der Waals surface area contributed by atoms with E-state index < -0.39 is 0 Å². The van der Waals surface area contributed by atoms with E-state index in [1.165, 1.54) is 0 Å². The molecule has 2 aliphatic heterocycles. The molecule has 18 heavy (non-hydrogen) atoms. The first-order chi connectivity index (χ1) is 8.66. The van der Waals surface area contributed by atoms with E-state index >= 15 is 0 Å². The van der Waals surface area contributed by atoms with Crippen molar-refractivity contribution in [1.29, 1.82) is 0 Å². The summed E-state index contributed by atoms with van der Waals surface area (Å²) in [6.45, 7) is 4.65. The summed E-state index contributed by atoms with van der Waals surface area (Å²) in [7, 11) is 0. The molecule has 0 bridgehead atoms. The van der Waals surface area contributed by atoms with E-state index in [9.17, 15) is 9.59 Å². The molecule has 1 unspecified atom stereocenters. The molecule has 0 aromatic rings. The van der Waals surface area contributed by atoms with Gasteiger partial charge in [-0.2, -0.15) is 0 Å². The minimum atomic E-state index is -0.293. The Kier molecular flexibility index (Phi) is 4.54. The van der Waals surface area contributed by atoms with E-state index in [1.54, 1.807) is 4.90 Å². The monoisotopic (exact) mass is 255 g/mol. The Morgan fingerprint density at radius 2 is 1.94 bits per heavy atom. The van der Waals surface area contributed by atoms with Crippen molar-refractivity contribution in [3.63, 3.8) is 0 Å². The normalized spacial score (nSPS) is 26.0. The number of likely N-dealkylation sites (tertiary alicyclic amines) is 1. The van der Waals surface area contributed by atoms with Crippen molar-refractivity contribution >= 4 is 11.8 Å². The number of ether oxygens (including phenoxy) is 1. The molecular weight excluding hydrogens is 234 g/mol. The summed E-state index contributed by atoms with van der Waals surface area (Å²) < 4.78 is 5.25. The minimum absolute atomic E-state index is 0.0999. The van der Waals surface area contributed by atoms with Crippen molar-refractivity contribution in [2.45, 2.75) is 12.8 Å². The molecule has 0 aromatic heterocycles. The van der Waals surface area contributed by atoms with Gasteiger partial charge in [0.15, 0.2) is 0 Å². The highest BCUT2D eigenvalue weighted by Crippen LogP contribution is 2.16. The van der Waals surface area contributed by atoms with Crippen molar-refractivity contribution in [2.24, 2.45) is 11.7 Å². The Morgan fingerprint density at radius 3 is 2.61 bits per heavy atom. The van der Waals surface area contributed by atoms with E-state index in [0.29, 0.717) is 26.3 Å². The van der Waals surface area contributed by atoms with Gasteiger partial charge in [-0.15, -0.1) is 0 Å². The van der Waals surface area contributed by atoms with Crippen molar-refractivity contribution in [3.8, 4) is 0 Å². The van der Waals surface area contributed by atoms with Gasteiger partial charge in [-0.1, -0.05) is 0 Å². The van der Waals surface area contributed by atoms with Crippen LogP contribution in [0.3, 0.4) is 0 Å². The number of nitrogens with zero attached hydrogens (tertiary/aromatic N) is 2. The molecule has 2 saturated heterocycles. The Morgan fingerprint density at radius 1 is 1.22 bits per heavy atom. The third kappa shape index (κ3) is 3.43. The van der Waals surface area contributed by atoms with Gasteiger partial charge in [-0.05, 0) is 12.8 Å². The lowest BCUT2D eigenvalue weighted by Crippen LogP contribution is -2.49. The molecule has 2 aliphatic rings. The molecule has 2 fully saturated rings.